The Morgan fingerprint density at radius 2 is 0.773 bits per heavy atom. The standard InChI is InChI=1S/2C6H6O.2CH5N3/c2*7-6-4-2-1-3-5-6;2*2-1(3)4/h2*1-5,7H;2*(H5,2,3,4). The zero-order chi connectivity index (χ0) is 17.4. The van der Waals surface area contributed by atoms with Crippen molar-refractivity contribution in [2.75, 3.05) is 0 Å². The van der Waals surface area contributed by atoms with Gasteiger partial charge in [0.25, 0.3) is 0 Å². The van der Waals surface area contributed by atoms with E-state index in [0.29, 0.717) is 0 Å². The van der Waals surface area contributed by atoms with Crippen LogP contribution >= 0.6 is 0 Å². The van der Waals surface area contributed by atoms with Crippen molar-refractivity contribution in [3.05, 3.63) is 60.7 Å². The fraction of sp³-hybridized carbons (Fsp3) is 0. The molecule has 0 fully saturated rings. The molecule has 2 aromatic carbocycles. The first-order chi connectivity index (χ1) is 10.3. The lowest BCUT2D eigenvalue weighted by Gasteiger charge is -1.98. The summed E-state index contributed by atoms with van der Waals surface area (Å²) in [4.78, 5) is 0. The summed E-state index contributed by atoms with van der Waals surface area (Å²) in [5, 5.41) is 29.7. The lowest BCUT2D eigenvalue weighted by Crippen LogP contribution is -2.51. The average molecular weight is 306 g/mol. The maximum Gasteiger partial charge on any atom is 0.336 e. The number of nitrogens with two attached hydrogens (primary N) is 6. The molecule has 120 valence electrons. The molecule has 0 aliphatic carbocycles. The van der Waals surface area contributed by atoms with Gasteiger partial charge >= 0.3 is 11.9 Å². The van der Waals surface area contributed by atoms with Crippen LogP contribution in [-0.4, -0.2) is 11.9 Å². The molecular weight excluding hydrogens is 284 g/mol. The van der Waals surface area contributed by atoms with Gasteiger partial charge in [0.1, 0.15) is 0 Å². The minimum atomic E-state index is -0.0833. The van der Waals surface area contributed by atoms with E-state index in [9.17, 15) is 10.2 Å². The number of hydrogen-bond donors (Lipinski definition) is 6. The molecule has 0 saturated heterocycles. The summed E-state index contributed by atoms with van der Waals surface area (Å²) in [6.45, 7) is 0. The van der Waals surface area contributed by atoms with Gasteiger partial charge in [0.2, 0.25) is 0 Å². The summed E-state index contributed by atoms with van der Waals surface area (Å²) >= 11 is 0. The van der Waals surface area contributed by atoms with Crippen molar-refractivity contribution < 1.29 is 21.0 Å². The van der Waals surface area contributed by atoms with Crippen molar-refractivity contribution in [1.29, 1.82) is 0 Å². The summed E-state index contributed by atoms with van der Waals surface area (Å²) in [7, 11) is 0. The van der Waals surface area contributed by atoms with E-state index in [4.69, 9.17) is 0 Å². The van der Waals surface area contributed by atoms with Crippen molar-refractivity contribution >= 4 is 11.9 Å². The summed E-state index contributed by atoms with van der Waals surface area (Å²) < 4.78 is 0. The molecule has 0 saturated carbocycles. The monoisotopic (exact) mass is 306 g/mol. The Kier molecular flexibility index (Phi) is 13.3. The van der Waals surface area contributed by atoms with E-state index in [0.717, 1.165) is 0 Å². The SMILES string of the molecule is NC(N)=[NH2+].NC(N)=[NH2+].[O-]c1ccccc1.[O-]c1ccccc1. The molecule has 12 N–H and O–H groups in total. The number of para-hydroxylation sites is 2. The van der Waals surface area contributed by atoms with Crippen molar-refractivity contribution in [2.24, 2.45) is 22.9 Å². The van der Waals surface area contributed by atoms with Gasteiger partial charge in [-0.15, -0.1) is 11.5 Å². The molecule has 0 unspecified atom stereocenters. The van der Waals surface area contributed by atoms with Crippen molar-refractivity contribution in [1.82, 2.24) is 0 Å². The van der Waals surface area contributed by atoms with E-state index in [-0.39, 0.29) is 23.4 Å². The first kappa shape index (κ1) is 20.9. The topological polar surface area (TPSA) is 201 Å². The quantitative estimate of drug-likeness (QED) is 0.209. The fourth-order valence-electron chi connectivity index (χ4n) is 0.841. The first-order valence-corrected chi connectivity index (χ1v) is 5.96. The summed E-state index contributed by atoms with van der Waals surface area (Å²) in [6.07, 6.45) is 0. The lowest BCUT2D eigenvalue weighted by molar-refractivity contribution is -0.269. The molecule has 0 radical (unpaired) electrons. The third kappa shape index (κ3) is 25.4. The Labute approximate surface area is 129 Å². The number of rotatable bonds is 0. The van der Waals surface area contributed by atoms with Crippen LogP contribution < -0.4 is 44.0 Å². The maximum atomic E-state index is 10.3. The van der Waals surface area contributed by atoms with Crippen LogP contribution in [0, 0.1) is 0 Å². The molecule has 22 heavy (non-hydrogen) atoms. The highest BCUT2D eigenvalue weighted by atomic mass is 16.3. The number of guanidine groups is 2. The van der Waals surface area contributed by atoms with Crippen LogP contribution in [0.3, 0.4) is 0 Å². The van der Waals surface area contributed by atoms with Crippen LogP contribution in [0.4, 0.5) is 0 Å². The second kappa shape index (κ2) is 14.0. The summed E-state index contributed by atoms with van der Waals surface area (Å²) in [6, 6.07) is 16.7. The Morgan fingerprint density at radius 3 is 0.864 bits per heavy atom. The number of benzene rings is 2. The first-order valence-electron chi connectivity index (χ1n) is 5.96. The van der Waals surface area contributed by atoms with Gasteiger partial charge in [0.15, 0.2) is 0 Å². The Balaban J connectivity index is 0. The van der Waals surface area contributed by atoms with Crippen LogP contribution in [0.25, 0.3) is 0 Å². The normalized spacial score (nSPS) is 7.64. The van der Waals surface area contributed by atoms with Crippen LogP contribution in [0.5, 0.6) is 11.5 Å². The van der Waals surface area contributed by atoms with Gasteiger partial charge in [-0.05, 0) is 0 Å². The molecule has 2 aromatic rings. The van der Waals surface area contributed by atoms with Crippen LogP contribution in [-0.2, 0) is 0 Å². The van der Waals surface area contributed by atoms with E-state index in [1.54, 1.807) is 24.3 Å². The molecule has 2 rings (SSSR count). The molecule has 0 bridgehead atoms. The zero-order valence-electron chi connectivity index (χ0n) is 12.1. The highest BCUT2D eigenvalue weighted by molar-refractivity contribution is 5.68. The van der Waals surface area contributed by atoms with E-state index in [1.165, 1.54) is 24.3 Å². The Bertz CT molecular complexity index is 462. The van der Waals surface area contributed by atoms with Crippen LogP contribution in [0.2, 0.25) is 0 Å². The smallest absolute Gasteiger partial charge is 0.336 e. The van der Waals surface area contributed by atoms with Crippen molar-refractivity contribution in [2.45, 2.75) is 0 Å². The fourth-order valence-corrected chi connectivity index (χ4v) is 0.841. The largest absolute Gasteiger partial charge is 0.872 e. The number of hydrogen-bond acceptors (Lipinski definition) is 2. The minimum Gasteiger partial charge on any atom is -0.872 e. The second-order valence-corrected chi connectivity index (χ2v) is 3.63. The van der Waals surface area contributed by atoms with Crippen molar-refractivity contribution in [3.8, 4) is 11.5 Å². The summed E-state index contributed by atoms with van der Waals surface area (Å²) in [5.41, 5.74) is 18.3. The second-order valence-electron chi connectivity index (χ2n) is 3.63. The molecule has 0 aromatic heterocycles. The third-order valence-corrected chi connectivity index (χ3v) is 1.49. The van der Waals surface area contributed by atoms with Crippen LogP contribution in [0.15, 0.2) is 60.7 Å². The molecule has 8 nitrogen and oxygen atoms in total. The van der Waals surface area contributed by atoms with Gasteiger partial charge in [-0.3, -0.25) is 33.8 Å². The predicted octanol–water partition coefficient (Wildman–Crippen LogP) is -4.44. The summed E-state index contributed by atoms with van der Waals surface area (Å²) in [5.74, 6) is -0.0231. The van der Waals surface area contributed by atoms with E-state index < -0.39 is 0 Å². The molecule has 0 heterocycles. The van der Waals surface area contributed by atoms with E-state index in [2.05, 4.69) is 33.8 Å². The van der Waals surface area contributed by atoms with Gasteiger partial charge in [-0.25, -0.2) is 0 Å². The van der Waals surface area contributed by atoms with Gasteiger partial charge in [-0.2, -0.15) is 0 Å². The lowest BCUT2D eigenvalue weighted by atomic mass is 10.3. The zero-order valence-corrected chi connectivity index (χ0v) is 12.1. The maximum absolute atomic E-state index is 10.3. The Hall–Kier alpha value is -3.42. The molecule has 0 atom stereocenters. The average Bonchev–Trinajstić information content (AvgIpc) is 2.40. The minimum absolute atomic E-state index is 0.0718. The highest BCUT2D eigenvalue weighted by Crippen LogP contribution is 1.98. The molecule has 0 aliphatic rings. The molecule has 8 heteroatoms. The predicted molar refractivity (Wildman–Crippen MR) is 82.4 cm³/mol. The highest BCUT2D eigenvalue weighted by Gasteiger charge is 1.66. The van der Waals surface area contributed by atoms with Gasteiger partial charge in [0, 0.05) is 0 Å². The Morgan fingerprint density at radius 1 is 0.591 bits per heavy atom. The molecular formula is C14H22N6O2. The van der Waals surface area contributed by atoms with Crippen LogP contribution in [0.1, 0.15) is 0 Å². The molecule has 0 amide bonds. The van der Waals surface area contributed by atoms with Gasteiger partial charge < -0.3 is 10.2 Å². The van der Waals surface area contributed by atoms with E-state index in [1.807, 2.05) is 12.1 Å². The molecule has 0 aliphatic heterocycles. The van der Waals surface area contributed by atoms with E-state index >= 15 is 0 Å². The van der Waals surface area contributed by atoms with Gasteiger partial charge in [-0.1, -0.05) is 60.7 Å². The van der Waals surface area contributed by atoms with Crippen molar-refractivity contribution in [3.63, 3.8) is 0 Å². The molecule has 0 spiro atoms. The van der Waals surface area contributed by atoms with Gasteiger partial charge in [0.05, 0.1) is 0 Å². The third-order valence-electron chi connectivity index (χ3n) is 1.49.